The van der Waals surface area contributed by atoms with E-state index in [9.17, 15) is 0 Å². The molecule has 1 heterocycles. The van der Waals surface area contributed by atoms with Gasteiger partial charge in [0.25, 0.3) is 0 Å². The van der Waals surface area contributed by atoms with Crippen molar-refractivity contribution in [3.05, 3.63) is 0 Å². The van der Waals surface area contributed by atoms with E-state index in [1.165, 1.54) is 51.4 Å². The first-order valence-electron chi connectivity index (χ1n) is 7.61. The van der Waals surface area contributed by atoms with Crippen LogP contribution in [0.3, 0.4) is 0 Å². The van der Waals surface area contributed by atoms with Gasteiger partial charge in [0.2, 0.25) is 0 Å². The molecule has 0 radical (unpaired) electrons. The fourth-order valence-electron chi connectivity index (χ4n) is 3.45. The average molecular weight is 239 g/mol. The smallest absolute Gasteiger partial charge is 0.0697 e. The minimum absolute atomic E-state index is 0.231. The maximum Gasteiger partial charge on any atom is 0.0697 e. The molecular formula is C15H29NO. The molecule has 1 aliphatic heterocycles. The highest BCUT2D eigenvalue weighted by Crippen LogP contribution is 2.39. The van der Waals surface area contributed by atoms with Crippen LogP contribution in [0.2, 0.25) is 0 Å². The Balaban J connectivity index is 1.89. The predicted octanol–water partition coefficient (Wildman–Crippen LogP) is 3.50. The molecule has 1 saturated carbocycles. The summed E-state index contributed by atoms with van der Waals surface area (Å²) < 4.78 is 6.20. The third-order valence-corrected chi connectivity index (χ3v) is 4.60. The van der Waals surface area contributed by atoms with Crippen LogP contribution in [0.4, 0.5) is 0 Å². The topological polar surface area (TPSA) is 21.3 Å². The SMILES string of the molecule is CCCNC1CCOC2(CCCC(C)CC2)C1. The second-order valence-corrected chi connectivity index (χ2v) is 6.21. The van der Waals surface area contributed by atoms with Gasteiger partial charge in [0.15, 0.2) is 0 Å². The Morgan fingerprint density at radius 2 is 2.12 bits per heavy atom. The summed E-state index contributed by atoms with van der Waals surface area (Å²) >= 11 is 0. The molecule has 0 aromatic rings. The summed E-state index contributed by atoms with van der Waals surface area (Å²) in [5.41, 5.74) is 0.231. The second kappa shape index (κ2) is 6.19. The molecule has 2 rings (SSSR count). The van der Waals surface area contributed by atoms with Crippen LogP contribution >= 0.6 is 0 Å². The summed E-state index contributed by atoms with van der Waals surface area (Å²) in [5, 5.41) is 3.69. The molecule has 0 aromatic heterocycles. The van der Waals surface area contributed by atoms with Gasteiger partial charge in [0, 0.05) is 12.6 Å². The highest BCUT2D eigenvalue weighted by Gasteiger charge is 2.38. The van der Waals surface area contributed by atoms with E-state index in [4.69, 9.17) is 4.74 Å². The lowest BCUT2D eigenvalue weighted by Crippen LogP contribution is -2.47. The summed E-state index contributed by atoms with van der Waals surface area (Å²) in [4.78, 5) is 0. The van der Waals surface area contributed by atoms with E-state index in [1.807, 2.05) is 0 Å². The Labute approximate surface area is 107 Å². The maximum absolute atomic E-state index is 6.20. The third kappa shape index (κ3) is 3.69. The minimum atomic E-state index is 0.231. The van der Waals surface area contributed by atoms with Crippen LogP contribution in [0.15, 0.2) is 0 Å². The fourth-order valence-corrected chi connectivity index (χ4v) is 3.45. The van der Waals surface area contributed by atoms with Crippen molar-refractivity contribution in [1.82, 2.24) is 5.32 Å². The lowest BCUT2D eigenvalue weighted by atomic mass is 9.84. The first-order chi connectivity index (χ1) is 8.24. The molecule has 0 bridgehead atoms. The van der Waals surface area contributed by atoms with Crippen molar-refractivity contribution in [1.29, 1.82) is 0 Å². The zero-order valence-corrected chi connectivity index (χ0v) is 11.6. The summed E-state index contributed by atoms with van der Waals surface area (Å²) in [7, 11) is 0. The van der Waals surface area contributed by atoms with Crippen molar-refractivity contribution in [2.24, 2.45) is 5.92 Å². The average Bonchev–Trinajstić information content (AvgIpc) is 2.50. The van der Waals surface area contributed by atoms with Crippen molar-refractivity contribution in [3.8, 4) is 0 Å². The third-order valence-electron chi connectivity index (χ3n) is 4.60. The number of hydrogen-bond acceptors (Lipinski definition) is 2. The van der Waals surface area contributed by atoms with Gasteiger partial charge >= 0.3 is 0 Å². The van der Waals surface area contributed by atoms with Crippen LogP contribution in [0, 0.1) is 5.92 Å². The molecule has 1 aliphatic carbocycles. The van der Waals surface area contributed by atoms with Gasteiger partial charge in [-0.1, -0.05) is 26.7 Å². The molecule has 1 spiro atoms. The standard InChI is InChI=1S/C15H29NO/c1-3-10-16-14-7-11-17-15(12-14)8-4-5-13(2)6-9-15/h13-14,16H,3-12H2,1-2H3. The molecule has 3 atom stereocenters. The first-order valence-corrected chi connectivity index (χ1v) is 7.61. The molecule has 0 amide bonds. The first kappa shape index (κ1) is 13.4. The minimum Gasteiger partial charge on any atom is -0.375 e. The molecular weight excluding hydrogens is 210 g/mol. The lowest BCUT2D eigenvalue weighted by molar-refractivity contribution is -0.0976. The Bertz CT molecular complexity index is 231. The van der Waals surface area contributed by atoms with E-state index < -0.39 is 0 Å². The van der Waals surface area contributed by atoms with E-state index in [1.54, 1.807) is 0 Å². The molecule has 2 heteroatoms. The van der Waals surface area contributed by atoms with E-state index in [0.29, 0.717) is 6.04 Å². The van der Waals surface area contributed by atoms with E-state index in [0.717, 1.165) is 19.1 Å². The quantitative estimate of drug-likeness (QED) is 0.814. The fraction of sp³-hybridized carbons (Fsp3) is 1.00. The van der Waals surface area contributed by atoms with Gasteiger partial charge in [-0.25, -0.2) is 0 Å². The van der Waals surface area contributed by atoms with Gasteiger partial charge in [-0.3, -0.25) is 0 Å². The molecule has 1 saturated heterocycles. The van der Waals surface area contributed by atoms with Crippen molar-refractivity contribution in [2.75, 3.05) is 13.2 Å². The predicted molar refractivity (Wildman–Crippen MR) is 72.2 cm³/mol. The van der Waals surface area contributed by atoms with Crippen molar-refractivity contribution in [2.45, 2.75) is 76.9 Å². The lowest BCUT2D eigenvalue weighted by Gasteiger charge is -2.41. The van der Waals surface area contributed by atoms with Gasteiger partial charge in [-0.05, 0) is 51.0 Å². The maximum atomic E-state index is 6.20. The Morgan fingerprint density at radius 3 is 2.94 bits per heavy atom. The number of rotatable bonds is 3. The highest BCUT2D eigenvalue weighted by molar-refractivity contribution is 4.91. The number of nitrogens with one attached hydrogen (secondary N) is 1. The van der Waals surface area contributed by atoms with Gasteiger partial charge in [0.1, 0.15) is 0 Å². The van der Waals surface area contributed by atoms with Crippen molar-refractivity contribution in [3.63, 3.8) is 0 Å². The molecule has 2 aliphatic rings. The van der Waals surface area contributed by atoms with Gasteiger partial charge in [-0.2, -0.15) is 0 Å². The van der Waals surface area contributed by atoms with Crippen LogP contribution < -0.4 is 5.32 Å². The molecule has 0 aromatic carbocycles. The Hall–Kier alpha value is -0.0800. The summed E-state index contributed by atoms with van der Waals surface area (Å²) in [5.74, 6) is 0.905. The van der Waals surface area contributed by atoms with Crippen molar-refractivity contribution >= 4 is 0 Å². The van der Waals surface area contributed by atoms with Crippen LogP contribution in [-0.2, 0) is 4.74 Å². The largest absolute Gasteiger partial charge is 0.375 e. The van der Waals surface area contributed by atoms with E-state index in [-0.39, 0.29) is 5.60 Å². The Morgan fingerprint density at radius 1 is 1.24 bits per heavy atom. The number of ether oxygens (including phenoxy) is 1. The zero-order chi connectivity index (χ0) is 12.1. The van der Waals surface area contributed by atoms with Gasteiger partial charge in [-0.15, -0.1) is 0 Å². The number of hydrogen-bond donors (Lipinski definition) is 1. The highest BCUT2D eigenvalue weighted by atomic mass is 16.5. The zero-order valence-electron chi connectivity index (χ0n) is 11.6. The van der Waals surface area contributed by atoms with Gasteiger partial charge < -0.3 is 10.1 Å². The molecule has 3 unspecified atom stereocenters. The van der Waals surface area contributed by atoms with Crippen LogP contribution in [0.25, 0.3) is 0 Å². The van der Waals surface area contributed by atoms with Crippen molar-refractivity contribution < 1.29 is 4.74 Å². The molecule has 2 fully saturated rings. The molecule has 100 valence electrons. The molecule has 1 N–H and O–H groups in total. The second-order valence-electron chi connectivity index (χ2n) is 6.21. The summed E-state index contributed by atoms with van der Waals surface area (Å²) in [6.45, 7) is 6.77. The summed E-state index contributed by atoms with van der Waals surface area (Å²) in [6.07, 6.45) is 10.4. The van der Waals surface area contributed by atoms with Crippen LogP contribution in [0.5, 0.6) is 0 Å². The monoisotopic (exact) mass is 239 g/mol. The molecule has 2 nitrogen and oxygen atoms in total. The van der Waals surface area contributed by atoms with E-state index >= 15 is 0 Å². The van der Waals surface area contributed by atoms with Gasteiger partial charge in [0.05, 0.1) is 5.60 Å². The van der Waals surface area contributed by atoms with E-state index in [2.05, 4.69) is 19.2 Å². The molecule has 17 heavy (non-hydrogen) atoms. The van der Waals surface area contributed by atoms with Crippen LogP contribution in [0.1, 0.15) is 65.2 Å². The van der Waals surface area contributed by atoms with Crippen LogP contribution in [-0.4, -0.2) is 24.8 Å². The normalized spacial score (nSPS) is 39.2. The Kier molecular flexibility index (Phi) is 4.87. The summed E-state index contributed by atoms with van der Waals surface area (Å²) in [6, 6.07) is 0.706.